The second-order valence-electron chi connectivity index (χ2n) is 16.6. The first-order valence-electron chi connectivity index (χ1n) is 21.9. The molecule has 0 bridgehead atoms. The van der Waals surface area contributed by atoms with Crippen LogP contribution in [0.4, 0.5) is 0 Å². The van der Waals surface area contributed by atoms with Crippen molar-refractivity contribution in [1.82, 2.24) is 19.5 Å². The number of hydrogen-bond acceptors (Lipinski definition) is 3. The van der Waals surface area contributed by atoms with Gasteiger partial charge in [-0.3, -0.25) is 0 Å². The molecule has 11 rings (SSSR count). The van der Waals surface area contributed by atoms with Crippen molar-refractivity contribution in [3.63, 3.8) is 0 Å². The van der Waals surface area contributed by atoms with Crippen molar-refractivity contribution in [3.05, 3.63) is 242 Å². The molecule has 11 aromatic rings. The van der Waals surface area contributed by atoms with Crippen LogP contribution in [0, 0.1) is 13.8 Å². The molecule has 5 heteroatoms. The van der Waals surface area contributed by atoms with Gasteiger partial charge >= 0.3 is 379 Å². The summed E-state index contributed by atoms with van der Waals surface area (Å²) in [6.45, 7) is 4.34. The summed E-state index contributed by atoms with van der Waals surface area (Å²) in [6, 6.07) is 83.7. The summed E-state index contributed by atoms with van der Waals surface area (Å²) in [5, 5.41) is 2.49. The number of hydrogen-bond donors (Lipinski definition) is 0. The Kier molecular flexibility index (Phi) is 10.1. The zero-order chi connectivity index (χ0) is 43.0. The van der Waals surface area contributed by atoms with E-state index in [0.29, 0.717) is 17.5 Å². The molecule has 0 atom stereocenters. The van der Waals surface area contributed by atoms with Crippen molar-refractivity contribution < 1.29 is 0 Å². The molecule has 0 unspecified atom stereocenters. The van der Waals surface area contributed by atoms with E-state index in [1.807, 2.05) is 36.4 Å². The zero-order valence-corrected chi connectivity index (χ0v) is 37.8. The maximum atomic E-state index is 5.29. The topological polar surface area (TPSA) is 43.6 Å². The second kappa shape index (κ2) is 16.6. The van der Waals surface area contributed by atoms with Gasteiger partial charge in [0.1, 0.15) is 0 Å². The summed E-state index contributed by atoms with van der Waals surface area (Å²) in [6.07, 6.45) is 0. The van der Waals surface area contributed by atoms with E-state index in [4.69, 9.17) is 15.0 Å². The van der Waals surface area contributed by atoms with Crippen molar-refractivity contribution >= 4 is 52.7 Å². The Morgan fingerprint density at radius 3 is 1.23 bits per heavy atom. The Morgan fingerprint density at radius 1 is 0.328 bits per heavy atom. The number of aryl methyl sites for hydroxylation is 2. The average Bonchev–Trinajstić information content (AvgIpc) is 3.68. The Hall–Kier alpha value is -7.67. The fourth-order valence-corrected chi connectivity index (χ4v) is 19.6. The third-order valence-corrected chi connectivity index (χ3v) is 22.5. The molecule has 9 aromatic carbocycles. The van der Waals surface area contributed by atoms with Gasteiger partial charge in [-0.25, -0.2) is 0 Å². The molecular weight excluding hydrogens is 837 g/mol. The van der Waals surface area contributed by atoms with E-state index in [2.05, 4.69) is 213 Å². The van der Waals surface area contributed by atoms with Crippen LogP contribution < -0.4 is 17.6 Å². The van der Waals surface area contributed by atoms with Crippen LogP contribution in [-0.4, -0.2) is 32.8 Å². The normalized spacial score (nSPS) is 11.6. The van der Waals surface area contributed by atoms with Crippen LogP contribution in [0.15, 0.2) is 231 Å². The van der Waals surface area contributed by atoms with Crippen molar-refractivity contribution in [2.45, 2.75) is 13.8 Å². The number of nitrogens with zero attached hydrogens (tertiary/aromatic N) is 4. The number of rotatable bonds is 9. The predicted molar refractivity (Wildman–Crippen MR) is 269 cm³/mol. The van der Waals surface area contributed by atoms with Crippen LogP contribution in [-0.2, 0) is 0 Å². The zero-order valence-electron chi connectivity index (χ0n) is 35.7. The molecule has 0 aliphatic rings. The monoisotopic (exact) mass is 882 g/mol. The summed E-state index contributed by atoms with van der Waals surface area (Å²) in [7, 11) is 0. The van der Waals surface area contributed by atoms with Crippen LogP contribution in [0.5, 0.6) is 0 Å². The number of fused-ring (bicyclic) bond motifs is 3. The molecule has 0 N–H and O–H groups in total. The van der Waals surface area contributed by atoms with Crippen molar-refractivity contribution in [1.29, 1.82) is 0 Å². The molecule has 0 saturated heterocycles. The van der Waals surface area contributed by atoms with Gasteiger partial charge in [0.2, 0.25) is 0 Å². The Labute approximate surface area is 376 Å². The Bertz CT molecular complexity index is 3230. The molecule has 2 aromatic heterocycles. The summed E-state index contributed by atoms with van der Waals surface area (Å²) in [5.41, 5.74) is 10.8. The van der Waals surface area contributed by atoms with Gasteiger partial charge in [-0.15, -0.1) is 0 Å². The third kappa shape index (κ3) is 6.93. The molecule has 64 heavy (non-hydrogen) atoms. The van der Waals surface area contributed by atoms with Crippen molar-refractivity contribution in [2.75, 3.05) is 0 Å². The van der Waals surface area contributed by atoms with Gasteiger partial charge in [0, 0.05) is 0 Å². The van der Waals surface area contributed by atoms with Crippen LogP contribution >= 0.6 is 0 Å². The van der Waals surface area contributed by atoms with Gasteiger partial charge in [0.15, 0.2) is 0 Å². The molecule has 0 spiro atoms. The minimum atomic E-state index is -3.64. The summed E-state index contributed by atoms with van der Waals surface area (Å²) < 4.78 is 7.88. The molecule has 304 valence electrons. The fraction of sp³-hybridized carbons (Fsp3) is 0.0339. The molecule has 0 aliphatic heterocycles. The van der Waals surface area contributed by atoms with Crippen LogP contribution in [0.1, 0.15) is 11.1 Å². The molecule has 0 aliphatic carbocycles. The quantitative estimate of drug-likeness (QED) is 0.136. The molecule has 0 saturated carbocycles. The molecule has 2 heterocycles. The predicted octanol–water partition coefficient (Wildman–Crippen LogP) is 11.6. The van der Waals surface area contributed by atoms with Gasteiger partial charge in [-0.2, -0.15) is 0 Å². The fourth-order valence-electron chi connectivity index (χ4n) is 9.55. The van der Waals surface area contributed by atoms with Gasteiger partial charge < -0.3 is 0 Å². The average molecular weight is 882 g/mol. The van der Waals surface area contributed by atoms with Crippen molar-refractivity contribution in [2.24, 2.45) is 0 Å². The second-order valence-corrected chi connectivity index (χ2v) is 24.6. The van der Waals surface area contributed by atoms with Crippen LogP contribution in [0.3, 0.4) is 0 Å². The SMILES string of the molecule is Cc1ccc2c(c1)c1cc(C)ccc1n2-c1ccc(-c2nc(-c3ccccc3)nc(-c3ccccc3)n2)c(-c2ccc[c]([Ge]([c]3ccccc3)([c]3ccccc3)[c]3ccccc3)c2)c1. The van der Waals surface area contributed by atoms with E-state index < -0.39 is 13.3 Å². The van der Waals surface area contributed by atoms with E-state index in [1.165, 1.54) is 50.5 Å². The summed E-state index contributed by atoms with van der Waals surface area (Å²) >= 11 is -3.64. The minimum absolute atomic E-state index is 0.620. The van der Waals surface area contributed by atoms with Gasteiger partial charge in [0.05, 0.1) is 0 Å². The molecule has 4 nitrogen and oxygen atoms in total. The molecule has 0 fully saturated rings. The third-order valence-electron chi connectivity index (χ3n) is 12.5. The van der Waals surface area contributed by atoms with Gasteiger partial charge in [0.25, 0.3) is 0 Å². The van der Waals surface area contributed by atoms with Crippen LogP contribution in [0.25, 0.3) is 72.8 Å². The molecule has 0 amide bonds. The van der Waals surface area contributed by atoms with E-state index in [1.54, 1.807) is 0 Å². The Balaban J connectivity index is 1.21. The van der Waals surface area contributed by atoms with E-state index in [0.717, 1.165) is 33.5 Å². The van der Waals surface area contributed by atoms with Gasteiger partial charge in [-0.1, -0.05) is 0 Å². The van der Waals surface area contributed by atoms with Crippen molar-refractivity contribution in [3.8, 4) is 51.0 Å². The van der Waals surface area contributed by atoms with E-state index in [-0.39, 0.29) is 0 Å². The van der Waals surface area contributed by atoms with Gasteiger partial charge in [-0.05, 0) is 0 Å². The first-order chi connectivity index (χ1) is 31.5. The molecular formula is C59H44GeN4. The Morgan fingerprint density at radius 2 is 0.750 bits per heavy atom. The first kappa shape index (κ1) is 39.2. The maximum absolute atomic E-state index is 5.29. The number of aromatic nitrogens is 4. The number of benzene rings is 9. The standard InChI is InChI=1S/C59H44GeN4/c1-41-31-35-55-53(37-41)54-38-42(2)32-36-56(54)64(55)50-33-34-51(59-62-57(43-19-8-3-9-20-43)61-58(63-59)44-21-10-4-11-22-44)52(40-50)45-23-18-30-49(39-45)60(46-24-12-5-13-25-46,47-26-14-6-15-27-47)48-28-16-7-17-29-48/h3-40H,1-2H3. The summed E-state index contributed by atoms with van der Waals surface area (Å²) in [4.78, 5) is 15.7. The van der Waals surface area contributed by atoms with E-state index in [9.17, 15) is 0 Å². The first-order valence-corrected chi connectivity index (χ1v) is 26.0. The molecule has 0 radical (unpaired) electrons. The van der Waals surface area contributed by atoms with Crippen LogP contribution in [0.2, 0.25) is 0 Å². The van der Waals surface area contributed by atoms with E-state index >= 15 is 0 Å². The summed E-state index contributed by atoms with van der Waals surface area (Å²) in [5.74, 6) is 1.88.